The first-order valence-corrected chi connectivity index (χ1v) is 6.27. The fourth-order valence-corrected chi connectivity index (χ4v) is 2.49. The van der Waals surface area contributed by atoms with Gasteiger partial charge in [-0.05, 0) is 18.9 Å². The first kappa shape index (κ1) is 13.8. The van der Waals surface area contributed by atoms with E-state index in [9.17, 15) is 20.0 Å². The average Bonchev–Trinajstić information content (AvgIpc) is 2.85. The van der Waals surface area contributed by atoms with Crippen molar-refractivity contribution in [1.82, 2.24) is 4.90 Å². The van der Waals surface area contributed by atoms with Gasteiger partial charge in [-0.3, -0.25) is 14.9 Å². The number of nitro groups is 1. The smallest absolute Gasteiger partial charge is 0.271 e. The lowest BCUT2D eigenvalue weighted by atomic mass is 10.1. The number of benzene rings is 1. The Morgan fingerprint density at radius 1 is 1.53 bits per heavy atom. The van der Waals surface area contributed by atoms with Gasteiger partial charge in [0.2, 0.25) is 0 Å². The van der Waals surface area contributed by atoms with Crippen molar-refractivity contribution in [1.29, 1.82) is 0 Å². The van der Waals surface area contributed by atoms with E-state index in [2.05, 4.69) is 0 Å². The maximum atomic E-state index is 12.3. The first-order chi connectivity index (χ1) is 9.02. The lowest BCUT2D eigenvalue weighted by Crippen LogP contribution is -2.37. The minimum Gasteiger partial charge on any atom is -0.394 e. The molecule has 1 heterocycles. The maximum Gasteiger partial charge on any atom is 0.271 e. The van der Waals surface area contributed by atoms with Gasteiger partial charge in [0, 0.05) is 29.3 Å². The van der Waals surface area contributed by atoms with Crippen LogP contribution in [0.4, 0.5) is 5.69 Å². The minimum atomic E-state index is -0.587. The van der Waals surface area contributed by atoms with Crippen LogP contribution in [0.25, 0.3) is 0 Å². The Hall–Kier alpha value is -1.66. The van der Waals surface area contributed by atoms with Crippen LogP contribution in [0, 0.1) is 10.1 Å². The van der Waals surface area contributed by atoms with Crippen LogP contribution in [0.15, 0.2) is 18.2 Å². The molecule has 102 valence electrons. The summed E-state index contributed by atoms with van der Waals surface area (Å²) in [7, 11) is 0. The zero-order valence-electron chi connectivity index (χ0n) is 10.1. The van der Waals surface area contributed by atoms with Gasteiger partial charge in [0.15, 0.2) is 0 Å². The molecule has 1 N–H and O–H groups in total. The third-order valence-electron chi connectivity index (χ3n) is 3.19. The Morgan fingerprint density at radius 3 is 2.89 bits per heavy atom. The molecule has 1 aliphatic rings. The average molecular weight is 285 g/mol. The van der Waals surface area contributed by atoms with Gasteiger partial charge in [-0.15, -0.1) is 0 Å². The van der Waals surface area contributed by atoms with Gasteiger partial charge in [-0.1, -0.05) is 11.6 Å². The van der Waals surface area contributed by atoms with Crippen molar-refractivity contribution in [3.05, 3.63) is 38.9 Å². The topological polar surface area (TPSA) is 83.7 Å². The molecule has 7 heteroatoms. The number of hydrogen-bond donors (Lipinski definition) is 1. The molecule has 0 bridgehead atoms. The second kappa shape index (κ2) is 5.54. The standard InChI is InChI=1S/C12H13ClN2O4/c13-9-4-8(5-11(6-9)15(18)19)12(17)14-3-1-2-10(14)7-16/h4-6,10,16H,1-3,7H2/t10-/m0/s1. The number of likely N-dealkylation sites (tertiary alicyclic amines) is 1. The van der Waals surface area contributed by atoms with Crippen molar-refractivity contribution >= 4 is 23.2 Å². The molecule has 1 aliphatic heterocycles. The molecule has 19 heavy (non-hydrogen) atoms. The van der Waals surface area contributed by atoms with Crippen LogP contribution in [0.2, 0.25) is 5.02 Å². The maximum absolute atomic E-state index is 12.3. The van der Waals surface area contributed by atoms with Crippen LogP contribution < -0.4 is 0 Å². The summed E-state index contributed by atoms with van der Waals surface area (Å²) in [5.74, 6) is -0.331. The van der Waals surface area contributed by atoms with Gasteiger partial charge in [0.05, 0.1) is 17.6 Å². The normalized spacial score (nSPS) is 18.6. The molecule has 0 saturated carbocycles. The fourth-order valence-electron chi connectivity index (χ4n) is 2.26. The highest BCUT2D eigenvalue weighted by Crippen LogP contribution is 2.25. The van der Waals surface area contributed by atoms with Gasteiger partial charge < -0.3 is 10.0 Å². The molecule has 6 nitrogen and oxygen atoms in total. The molecule has 0 aliphatic carbocycles. The van der Waals surface area contributed by atoms with E-state index >= 15 is 0 Å². The summed E-state index contributed by atoms with van der Waals surface area (Å²) in [5.41, 5.74) is -0.0323. The van der Waals surface area contributed by atoms with Crippen molar-refractivity contribution in [2.75, 3.05) is 13.2 Å². The van der Waals surface area contributed by atoms with Gasteiger partial charge in [0.25, 0.3) is 11.6 Å². The van der Waals surface area contributed by atoms with Gasteiger partial charge in [-0.2, -0.15) is 0 Å². The SMILES string of the molecule is O=C(c1cc(Cl)cc([N+](=O)[O-])c1)N1CCC[C@H]1CO. The number of non-ortho nitro benzene ring substituents is 1. The number of carbonyl (C=O) groups excluding carboxylic acids is 1. The molecule has 1 fully saturated rings. The van der Waals surface area contributed by atoms with E-state index in [1.807, 2.05) is 0 Å². The Balaban J connectivity index is 2.30. The summed E-state index contributed by atoms with van der Waals surface area (Å²) in [6, 6.07) is 3.60. The van der Waals surface area contributed by atoms with E-state index in [0.717, 1.165) is 12.8 Å². The van der Waals surface area contributed by atoms with Gasteiger partial charge in [-0.25, -0.2) is 0 Å². The summed E-state index contributed by atoms with van der Waals surface area (Å²) in [5, 5.41) is 20.1. The Morgan fingerprint density at radius 2 is 2.26 bits per heavy atom. The Labute approximate surface area is 114 Å². The molecule has 0 spiro atoms. The summed E-state index contributed by atoms with van der Waals surface area (Å²) in [4.78, 5) is 24.0. The molecule has 1 amide bonds. The highest BCUT2D eigenvalue weighted by molar-refractivity contribution is 6.31. The fraction of sp³-hybridized carbons (Fsp3) is 0.417. The largest absolute Gasteiger partial charge is 0.394 e. The molecule has 0 aromatic heterocycles. The Kier molecular flexibility index (Phi) is 4.01. The second-order valence-corrected chi connectivity index (χ2v) is 4.87. The van der Waals surface area contributed by atoms with Gasteiger partial charge >= 0.3 is 0 Å². The number of hydrogen-bond acceptors (Lipinski definition) is 4. The van der Waals surface area contributed by atoms with E-state index < -0.39 is 4.92 Å². The third-order valence-corrected chi connectivity index (χ3v) is 3.41. The third kappa shape index (κ3) is 2.85. The molecule has 0 unspecified atom stereocenters. The van der Waals surface area contributed by atoms with Crippen molar-refractivity contribution in [3.8, 4) is 0 Å². The van der Waals surface area contributed by atoms with Crippen molar-refractivity contribution in [2.24, 2.45) is 0 Å². The summed E-state index contributed by atoms with van der Waals surface area (Å²) >= 11 is 5.79. The van der Waals surface area contributed by atoms with Crippen LogP contribution >= 0.6 is 11.6 Å². The van der Waals surface area contributed by atoms with Crippen LogP contribution in [0.5, 0.6) is 0 Å². The number of halogens is 1. The van der Waals surface area contributed by atoms with E-state index in [1.165, 1.54) is 23.1 Å². The van der Waals surface area contributed by atoms with Crippen molar-refractivity contribution in [2.45, 2.75) is 18.9 Å². The zero-order valence-corrected chi connectivity index (χ0v) is 10.8. The number of aliphatic hydroxyl groups is 1. The molecule has 1 saturated heterocycles. The predicted molar refractivity (Wildman–Crippen MR) is 69.3 cm³/mol. The van der Waals surface area contributed by atoms with E-state index in [1.54, 1.807) is 0 Å². The molecule has 1 atom stereocenters. The predicted octanol–water partition coefficient (Wildman–Crippen LogP) is 1.85. The highest BCUT2D eigenvalue weighted by Gasteiger charge is 2.29. The second-order valence-electron chi connectivity index (χ2n) is 4.43. The molecule has 2 rings (SSSR count). The number of carbonyl (C=O) groups is 1. The molecular formula is C12H13ClN2O4. The Bertz CT molecular complexity index is 520. The van der Waals surface area contributed by atoms with E-state index in [0.29, 0.717) is 6.54 Å². The number of amides is 1. The van der Waals surface area contributed by atoms with Gasteiger partial charge in [0.1, 0.15) is 0 Å². The molecule has 1 aromatic carbocycles. The number of nitrogens with zero attached hydrogens (tertiary/aromatic N) is 2. The van der Waals surface area contributed by atoms with E-state index in [4.69, 9.17) is 11.6 Å². The van der Waals surface area contributed by atoms with Crippen LogP contribution in [-0.4, -0.2) is 40.0 Å². The number of rotatable bonds is 3. The summed E-state index contributed by atoms with van der Waals surface area (Å²) in [6.45, 7) is 0.443. The summed E-state index contributed by atoms with van der Waals surface area (Å²) in [6.07, 6.45) is 1.56. The van der Waals surface area contributed by atoms with Crippen molar-refractivity contribution in [3.63, 3.8) is 0 Å². The number of nitro benzene ring substituents is 1. The van der Waals surface area contributed by atoms with E-state index in [-0.39, 0.29) is 34.8 Å². The lowest BCUT2D eigenvalue weighted by Gasteiger charge is -2.23. The minimum absolute atomic E-state index is 0.103. The van der Waals surface area contributed by atoms with Crippen LogP contribution in [-0.2, 0) is 0 Å². The van der Waals surface area contributed by atoms with Crippen LogP contribution in [0.1, 0.15) is 23.2 Å². The highest BCUT2D eigenvalue weighted by atomic mass is 35.5. The summed E-state index contributed by atoms with van der Waals surface area (Å²) < 4.78 is 0. The quantitative estimate of drug-likeness (QED) is 0.678. The lowest BCUT2D eigenvalue weighted by molar-refractivity contribution is -0.384. The number of aliphatic hydroxyl groups excluding tert-OH is 1. The zero-order chi connectivity index (χ0) is 14.0. The van der Waals surface area contributed by atoms with Crippen molar-refractivity contribution < 1.29 is 14.8 Å². The monoisotopic (exact) mass is 284 g/mol. The molecule has 1 aromatic rings. The van der Waals surface area contributed by atoms with Crippen LogP contribution in [0.3, 0.4) is 0 Å². The molecular weight excluding hydrogens is 272 g/mol. The first-order valence-electron chi connectivity index (χ1n) is 5.89. The molecule has 0 radical (unpaired) electrons.